The lowest BCUT2D eigenvalue weighted by Gasteiger charge is -2.10. The highest BCUT2D eigenvalue weighted by Crippen LogP contribution is 2.25. The van der Waals surface area contributed by atoms with Crippen molar-refractivity contribution in [3.8, 4) is 11.5 Å². The van der Waals surface area contributed by atoms with Crippen molar-refractivity contribution in [1.29, 1.82) is 0 Å². The minimum absolute atomic E-state index is 0.00559. The number of rotatable bonds is 9. The van der Waals surface area contributed by atoms with Crippen LogP contribution in [0.25, 0.3) is 6.08 Å². The summed E-state index contributed by atoms with van der Waals surface area (Å²) in [7, 11) is 0. The summed E-state index contributed by atoms with van der Waals surface area (Å²) in [5.74, 6) is -1.67. The number of benzene rings is 2. The molecule has 0 aliphatic rings. The number of nitrogens with zero attached hydrogens (tertiary/aromatic N) is 1. The van der Waals surface area contributed by atoms with Crippen LogP contribution < -0.4 is 21.1 Å². The Morgan fingerprint density at radius 3 is 2.64 bits per heavy atom. The van der Waals surface area contributed by atoms with E-state index in [2.05, 4.69) is 15.6 Å². The number of amides is 3. The Morgan fingerprint density at radius 2 is 1.91 bits per heavy atom. The normalized spacial score (nSPS) is 10.6. The molecule has 0 bridgehead atoms. The van der Waals surface area contributed by atoms with Crippen LogP contribution in [0.5, 0.6) is 11.5 Å². The molecule has 8 nitrogen and oxygen atoms in total. The first-order valence-electron chi connectivity index (χ1n) is 9.94. The van der Waals surface area contributed by atoms with E-state index < -0.39 is 23.5 Å². The Balaban J connectivity index is 1.63. The van der Waals surface area contributed by atoms with Gasteiger partial charge in [0.2, 0.25) is 11.8 Å². The lowest BCUT2D eigenvalue weighted by atomic mass is 10.1. The summed E-state index contributed by atoms with van der Waals surface area (Å²) in [6.45, 7) is 0.0857. The van der Waals surface area contributed by atoms with Crippen LogP contribution in [-0.4, -0.2) is 29.3 Å². The first-order valence-corrected chi connectivity index (χ1v) is 9.94. The molecule has 1 heterocycles. The van der Waals surface area contributed by atoms with Gasteiger partial charge in [0.05, 0.1) is 17.4 Å². The molecule has 168 valence electrons. The summed E-state index contributed by atoms with van der Waals surface area (Å²) in [4.78, 5) is 39.4. The van der Waals surface area contributed by atoms with Gasteiger partial charge < -0.3 is 21.1 Å². The molecule has 0 aliphatic heterocycles. The number of pyridine rings is 1. The highest BCUT2D eigenvalue weighted by Gasteiger charge is 2.12. The van der Waals surface area contributed by atoms with Gasteiger partial charge in [-0.2, -0.15) is 0 Å². The molecule has 0 spiro atoms. The topological polar surface area (TPSA) is 123 Å². The molecule has 0 saturated heterocycles. The lowest BCUT2D eigenvalue weighted by Crippen LogP contribution is -2.28. The van der Waals surface area contributed by atoms with E-state index in [1.807, 2.05) is 0 Å². The largest absolute Gasteiger partial charge is 0.453 e. The summed E-state index contributed by atoms with van der Waals surface area (Å²) >= 11 is 0. The molecule has 3 amide bonds. The van der Waals surface area contributed by atoms with Crippen molar-refractivity contribution in [2.45, 2.75) is 6.42 Å². The van der Waals surface area contributed by atoms with Crippen molar-refractivity contribution >= 4 is 29.5 Å². The maximum absolute atomic E-state index is 14.3. The lowest BCUT2D eigenvalue weighted by molar-refractivity contribution is -0.118. The van der Waals surface area contributed by atoms with Crippen LogP contribution in [0.4, 0.5) is 10.1 Å². The van der Waals surface area contributed by atoms with E-state index >= 15 is 0 Å². The number of anilines is 1. The monoisotopic (exact) mass is 448 g/mol. The summed E-state index contributed by atoms with van der Waals surface area (Å²) in [6.07, 6.45) is 5.70. The van der Waals surface area contributed by atoms with Crippen LogP contribution in [0.3, 0.4) is 0 Å². The molecule has 3 aromatic rings. The first kappa shape index (κ1) is 23.1. The number of nitrogens with one attached hydrogen (secondary N) is 2. The summed E-state index contributed by atoms with van der Waals surface area (Å²) in [6, 6.07) is 14.0. The summed E-state index contributed by atoms with van der Waals surface area (Å²) in [5.41, 5.74) is 6.02. The van der Waals surface area contributed by atoms with E-state index in [9.17, 15) is 18.8 Å². The molecule has 2 aromatic carbocycles. The SMILES string of the molecule is NC(=O)CCNC(=O)c1ccccc1NC(=O)/C=C/c1ccc(Oc2cccnc2)c(F)c1. The molecular formula is C24H21FN4O4. The van der Waals surface area contributed by atoms with E-state index in [-0.39, 0.29) is 30.0 Å². The predicted octanol–water partition coefficient (Wildman–Crippen LogP) is 3.27. The van der Waals surface area contributed by atoms with Crippen molar-refractivity contribution in [3.05, 3.63) is 90.0 Å². The van der Waals surface area contributed by atoms with E-state index in [1.54, 1.807) is 42.6 Å². The molecule has 9 heteroatoms. The molecule has 33 heavy (non-hydrogen) atoms. The van der Waals surface area contributed by atoms with Crippen LogP contribution in [0.2, 0.25) is 0 Å². The zero-order valence-electron chi connectivity index (χ0n) is 17.5. The molecule has 0 atom stereocenters. The fraction of sp³-hybridized carbons (Fsp3) is 0.0833. The maximum atomic E-state index is 14.3. The van der Waals surface area contributed by atoms with Gasteiger partial charge in [-0.05, 0) is 48.0 Å². The average Bonchev–Trinajstić information content (AvgIpc) is 2.80. The molecule has 4 N–H and O–H groups in total. The molecule has 0 unspecified atom stereocenters. The fourth-order valence-electron chi connectivity index (χ4n) is 2.77. The minimum Gasteiger partial charge on any atom is -0.453 e. The standard InChI is InChI=1S/C24H21FN4O4/c25-19-14-16(7-9-21(19)33-17-4-3-12-27-15-17)8-10-23(31)29-20-6-2-1-5-18(20)24(32)28-13-11-22(26)30/h1-10,12,14-15H,11,13H2,(H2,26,30)(H,28,32)(H,29,31)/b10-8+. The fourth-order valence-corrected chi connectivity index (χ4v) is 2.77. The third-order valence-corrected chi connectivity index (χ3v) is 4.33. The number of aromatic nitrogens is 1. The Kier molecular flexibility index (Phi) is 7.85. The Bertz CT molecular complexity index is 1180. The van der Waals surface area contributed by atoms with Gasteiger partial charge in [-0.15, -0.1) is 0 Å². The number of hydrogen-bond donors (Lipinski definition) is 3. The third kappa shape index (κ3) is 7.00. The second-order valence-corrected chi connectivity index (χ2v) is 6.82. The highest BCUT2D eigenvalue weighted by molar-refractivity contribution is 6.07. The number of primary amides is 1. The zero-order chi connectivity index (χ0) is 23.6. The number of carbonyl (C=O) groups is 3. The van der Waals surface area contributed by atoms with Gasteiger partial charge in [0.25, 0.3) is 5.91 Å². The van der Waals surface area contributed by atoms with Crippen LogP contribution in [-0.2, 0) is 9.59 Å². The van der Waals surface area contributed by atoms with Gasteiger partial charge in [-0.3, -0.25) is 19.4 Å². The van der Waals surface area contributed by atoms with Crippen LogP contribution >= 0.6 is 0 Å². The molecule has 3 rings (SSSR count). The van der Waals surface area contributed by atoms with Gasteiger partial charge in [0, 0.05) is 25.2 Å². The van der Waals surface area contributed by atoms with Crippen molar-refractivity contribution < 1.29 is 23.5 Å². The average molecular weight is 448 g/mol. The zero-order valence-corrected chi connectivity index (χ0v) is 17.5. The van der Waals surface area contributed by atoms with E-state index in [0.29, 0.717) is 11.3 Å². The second kappa shape index (κ2) is 11.2. The quantitative estimate of drug-likeness (QED) is 0.434. The van der Waals surface area contributed by atoms with Crippen LogP contribution in [0, 0.1) is 5.82 Å². The molecule has 0 aliphatic carbocycles. The Morgan fingerprint density at radius 1 is 1.09 bits per heavy atom. The molecule has 0 saturated carbocycles. The number of para-hydroxylation sites is 1. The van der Waals surface area contributed by atoms with E-state index in [1.165, 1.54) is 36.5 Å². The minimum atomic E-state index is -0.598. The highest BCUT2D eigenvalue weighted by atomic mass is 19.1. The molecule has 0 radical (unpaired) electrons. The molecule has 1 aromatic heterocycles. The van der Waals surface area contributed by atoms with Gasteiger partial charge in [0.1, 0.15) is 5.75 Å². The maximum Gasteiger partial charge on any atom is 0.253 e. The van der Waals surface area contributed by atoms with Gasteiger partial charge in [0.15, 0.2) is 11.6 Å². The third-order valence-electron chi connectivity index (χ3n) is 4.33. The smallest absolute Gasteiger partial charge is 0.253 e. The van der Waals surface area contributed by atoms with Crippen LogP contribution in [0.1, 0.15) is 22.3 Å². The Hall–Kier alpha value is -4.53. The van der Waals surface area contributed by atoms with Gasteiger partial charge >= 0.3 is 0 Å². The van der Waals surface area contributed by atoms with Crippen molar-refractivity contribution in [1.82, 2.24) is 10.3 Å². The number of ether oxygens (including phenoxy) is 1. The Labute approximate surface area is 189 Å². The second-order valence-electron chi connectivity index (χ2n) is 6.82. The van der Waals surface area contributed by atoms with Gasteiger partial charge in [-0.1, -0.05) is 18.2 Å². The molecular weight excluding hydrogens is 427 g/mol. The predicted molar refractivity (Wildman–Crippen MR) is 121 cm³/mol. The van der Waals surface area contributed by atoms with Crippen molar-refractivity contribution in [3.63, 3.8) is 0 Å². The van der Waals surface area contributed by atoms with E-state index in [4.69, 9.17) is 10.5 Å². The molecule has 0 fully saturated rings. The van der Waals surface area contributed by atoms with E-state index in [0.717, 1.165) is 0 Å². The number of halogens is 1. The van der Waals surface area contributed by atoms with Gasteiger partial charge in [-0.25, -0.2) is 4.39 Å². The van der Waals surface area contributed by atoms with Crippen molar-refractivity contribution in [2.75, 3.05) is 11.9 Å². The summed E-state index contributed by atoms with van der Waals surface area (Å²) in [5, 5.41) is 5.18. The summed E-state index contributed by atoms with van der Waals surface area (Å²) < 4.78 is 19.8. The number of carbonyl (C=O) groups excluding carboxylic acids is 3. The number of nitrogens with two attached hydrogens (primary N) is 1. The number of hydrogen-bond acceptors (Lipinski definition) is 5. The first-order chi connectivity index (χ1) is 15.9. The van der Waals surface area contributed by atoms with Crippen molar-refractivity contribution in [2.24, 2.45) is 5.73 Å². The van der Waals surface area contributed by atoms with Crippen LogP contribution in [0.15, 0.2) is 73.1 Å².